The summed E-state index contributed by atoms with van der Waals surface area (Å²) in [6.07, 6.45) is 1.33. The highest BCUT2D eigenvalue weighted by Gasteiger charge is 2.18. The maximum absolute atomic E-state index is 10.6. The second-order valence-electron chi connectivity index (χ2n) is 2.80. The van der Waals surface area contributed by atoms with Crippen LogP contribution >= 0.6 is 11.6 Å². The number of aromatic nitrogens is 3. The number of furan rings is 1. The summed E-state index contributed by atoms with van der Waals surface area (Å²) in [6, 6.07) is 1.23. The third kappa shape index (κ3) is 1.59. The highest BCUT2D eigenvalue weighted by atomic mass is 35.5. The Balaban J connectivity index is 2.54. The lowest BCUT2D eigenvalue weighted by molar-refractivity contribution is 0.0663. The molecule has 0 aliphatic rings. The highest BCUT2D eigenvalue weighted by Crippen LogP contribution is 2.29. The van der Waals surface area contributed by atoms with Crippen molar-refractivity contribution in [2.24, 2.45) is 7.05 Å². The van der Waals surface area contributed by atoms with Crippen molar-refractivity contribution in [2.75, 3.05) is 0 Å². The minimum absolute atomic E-state index is 0.198. The van der Waals surface area contributed by atoms with Crippen LogP contribution < -0.4 is 0 Å². The van der Waals surface area contributed by atoms with E-state index in [1.807, 2.05) is 0 Å². The number of carbonyl (C=O) groups is 1. The zero-order valence-corrected chi connectivity index (χ0v) is 8.39. The van der Waals surface area contributed by atoms with Gasteiger partial charge in [-0.15, -0.1) is 0 Å². The van der Waals surface area contributed by atoms with Crippen molar-refractivity contribution in [3.8, 4) is 11.6 Å². The molecular formula is C8H6ClN3O3. The molecule has 0 bridgehead atoms. The smallest absolute Gasteiger partial charge is 0.371 e. The average Bonchev–Trinajstić information content (AvgIpc) is 2.71. The van der Waals surface area contributed by atoms with Crippen LogP contribution in [0.15, 0.2) is 16.8 Å². The van der Waals surface area contributed by atoms with Gasteiger partial charge in [0, 0.05) is 13.1 Å². The molecule has 0 fully saturated rings. The average molecular weight is 228 g/mol. The molecule has 0 atom stereocenters. The Morgan fingerprint density at radius 3 is 2.87 bits per heavy atom. The van der Waals surface area contributed by atoms with E-state index in [9.17, 15) is 4.79 Å². The van der Waals surface area contributed by atoms with Gasteiger partial charge in [0.2, 0.25) is 5.76 Å². The molecule has 2 aromatic heterocycles. The fourth-order valence-corrected chi connectivity index (χ4v) is 1.35. The maximum Gasteiger partial charge on any atom is 0.371 e. The molecule has 2 heterocycles. The first-order valence-electron chi connectivity index (χ1n) is 3.96. The summed E-state index contributed by atoms with van der Waals surface area (Å²) >= 11 is 5.81. The zero-order chi connectivity index (χ0) is 11.0. The molecule has 0 unspecified atom stereocenters. The molecule has 0 spiro atoms. The van der Waals surface area contributed by atoms with Gasteiger partial charge in [-0.2, -0.15) is 5.10 Å². The molecule has 2 aromatic rings. The molecule has 0 aliphatic carbocycles. The quantitative estimate of drug-likeness (QED) is 0.839. The minimum atomic E-state index is -1.18. The monoisotopic (exact) mass is 227 g/mol. The van der Waals surface area contributed by atoms with E-state index in [-0.39, 0.29) is 16.5 Å². The second kappa shape index (κ2) is 3.39. The van der Waals surface area contributed by atoms with E-state index in [4.69, 9.17) is 21.1 Å². The fourth-order valence-electron chi connectivity index (χ4n) is 1.13. The van der Waals surface area contributed by atoms with Crippen molar-refractivity contribution in [3.63, 3.8) is 0 Å². The van der Waals surface area contributed by atoms with Gasteiger partial charge in [0.05, 0.1) is 5.02 Å². The van der Waals surface area contributed by atoms with Gasteiger partial charge in [0.1, 0.15) is 6.33 Å². The Morgan fingerprint density at radius 1 is 1.67 bits per heavy atom. The summed E-state index contributed by atoms with van der Waals surface area (Å²) in [7, 11) is 1.65. The second-order valence-corrected chi connectivity index (χ2v) is 3.21. The first kappa shape index (κ1) is 9.72. The summed E-state index contributed by atoms with van der Waals surface area (Å²) in [5, 5.41) is 12.7. The molecule has 6 nitrogen and oxygen atoms in total. The fraction of sp³-hybridized carbons (Fsp3) is 0.125. The Morgan fingerprint density at radius 2 is 2.40 bits per heavy atom. The number of rotatable bonds is 2. The first-order valence-corrected chi connectivity index (χ1v) is 4.34. The van der Waals surface area contributed by atoms with Crippen molar-refractivity contribution in [1.82, 2.24) is 14.8 Å². The molecule has 15 heavy (non-hydrogen) atoms. The highest BCUT2D eigenvalue weighted by molar-refractivity contribution is 6.33. The van der Waals surface area contributed by atoms with E-state index < -0.39 is 5.97 Å². The maximum atomic E-state index is 10.6. The molecule has 7 heteroatoms. The Bertz CT molecular complexity index is 517. The van der Waals surface area contributed by atoms with Crippen LogP contribution in [0.4, 0.5) is 0 Å². The molecule has 78 valence electrons. The van der Waals surface area contributed by atoms with Crippen LogP contribution in [-0.4, -0.2) is 25.8 Å². The molecule has 0 radical (unpaired) electrons. The summed E-state index contributed by atoms with van der Waals surface area (Å²) < 4.78 is 6.49. The predicted octanol–water partition coefficient (Wildman–Crippen LogP) is 1.43. The van der Waals surface area contributed by atoms with Crippen LogP contribution in [0.3, 0.4) is 0 Å². The van der Waals surface area contributed by atoms with Crippen LogP contribution in [0.1, 0.15) is 10.6 Å². The van der Waals surface area contributed by atoms with Crippen LogP contribution in [0, 0.1) is 0 Å². The molecule has 0 amide bonds. The van der Waals surface area contributed by atoms with Crippen molar-refractivity contribution in [2.45, 2.75) is 0 Å². The summed E-state index contributed by atoms with van der Waals surface area (Å²) in [4.78, 5) is 14.5. The van der Waals surface area contributed by atoms with Gasteiger partial charge in [-0.3, -0.25) is 0 Å². The predicted molar refractivity (Wildman–Crippen MR) is 50.7 cm³/mol. The molecule has 2 rings (SSSR count). The lowest BCUT2D eigenvalue weighted by Gasteiger charge is -1.95. The lowest BCUT2D eigenvalue weighted by atomic mass is 10.4. The summed E-state index contributed by atoms with van der Waals surface area (Å²) in [5.41, 5.74) is 0. The van der Waals surface area contributed by atoms with E-state index in [0.29, 0.717) is 5.82 Å². The summed E-state index contributed by atoms with van der Waals surface area (Å²) in [5.74, 6) is -0.815. The summed E-state index contributed by atoms with van der Waals surface area (Å²) in [6.45, 7) is 0. The molecular weight excluding hydrogens is 222 g/mol. The van der Waals surface area contributed by atoms with Gasteiger partial charge >= 0.3 is 5.97 Å². The van der Waals surface area contributed by atoms with Gasteiger partial charge in [0.25, 0.3) is 0 Å². The third-order valence-corrected chi connectivity index (χ3v) is 2.09. The van der Waals surface area contributed by atoms with E-state index in [1.54, 1.807) is 7.05 Å². The van der Waals surface area contributed by atoms with E-state index in [0.717, 1.165) is 0 Å². The lowest BCUT2D eigenvalue weighted by Crippen LogP contribution is -1.94. The van der Waals surface area contributed by atoms with Gasteiger partial charge in [-0.25, -0.2) is 14.5 Å². The van der Waals surface area contributed by atoms with Gasteiger partial charge in [0.15, 0.2) is 11.6 Å². The number of carboxylic acid groups (broad SMARTS) is 1. The number of aryl methyl sites for hydroxylation is 1. The minimum Gasteiger partial charge on any atom is -0.475 e. The van der Waals surface area contributed by atoms with E-state index >= 15 is 0 Å². The Hall–Kier alpha value is -1.82. The number of nitrogens with zero attached hydrogens (tertiary/aromatic N) is 3. The molecule has 0 saturated heterocycles. The molecule has 0 aliphatic heterocycles. The first-order chi connectivity index (χ1) is 7.09. The Kier molecular flexibility index (Phi) is 2.20. The largest absolute Gasteiger partial charge is 0.475 e. The van der Waals surface area contributed by atoms with Crippen molar-refractivity contribution in [1.29, 1.82) is 0 Å². The van der Waals surface area contributed by atoms with E-state index in [1.165, 1.54) is 17.1 Å². The number of hydrogen-bond donors (Lipinski definition) is 1. The van der Waals surface area contributed by atoms with Crippen LogP contribution in [0.25, 0.3) is 11.6 Å². The third-order valence-electron chi connectivity index (χ3n) is 1.81. The number of hydrogen-bond acceptors (Lipinski definition) is 4. The van der Waals surface area contributed by atoms with Crippen LogP contribution in [-0.2, 0) is 7.05 Å². The van der Waals surface area contributed by atoms with Crippen molar-refractivity contribution in [3.05, 3.63) is 23.2 Å². The van der Waals surface area contributed by atoms with E-state index in [2.05, 4.69) is 10.1 Å². The van der Waals surface area contributed by atoms with Crippen LogP contribution in [0.2, 0.25) is 5.02 Å². The van der Waals surface area contributed by atoms with Crippen molar-refractivity contribution >= 4 is 17.6 Å². The zero-order valence-electron chi connectivity index (χ0n) is 7.64. The van der Waals surface area contributed by atoms with Gasteiger partial charge in [-0.05, 0) is 0 Å². The topological polar surface area (TPSA) is 81.2 Å². The number of carboxylic acids is 1. The standard InChI is InChI=1S/C8H6ClN3O3/c1-12-7(10-3-11-12)6-4(9)2-5(15-6)8(13)14/h2-3H,1H3,(H,13,14). The molecule has 1 N–H and O–H groups in total. The normalized spacial score (nSPS) is 10.5. The van der Waals surface area contributed by atoms with Gasteiger partial charge in [-0.1, -0.05) is 11.6 Å². The van der Waals surface area contributed by atoms with Crippen LogP contribution in [0.5, 0.6) is 0 Å². The number of halogens is 1. The number of aromatic carboxylic acids is 1. The van der Waals surface area contributed by atoms with Gasteiger partial charge < -0.3 is 9.52 Å². The molecule has 0 saturated carbocycles. The SMILES string of the molecule is Cn1ncnc1-c1oc(C(=O)O)cc1Cl. The molecule has 0 aromatic carbocycles. The van der Waals surface area contributed by atoms with Crippen molar-refractivity contribution < 1.29 is 14.3 Å². The Labute approximate surface area is 89.1 Å².